The summed E-state index contributed by atoms with van der Waals surface area (Å²) in [5, 5.41) is 8.88. The molecule has 1 fully saturated rings. The van der Waals surface area contributed by atoms with Crippen LogP contribution in [0.4, 0.5) is 13.2 Å². The molecule has 5 nitrogen and oxygen atoms in total. The molecule has 0 aliphatic carbocycles. The van der Waals surface area contributed by atoms with Gasteiger partial charge in [0.2, 0.25) is 10.0 Å². The first kappa shape index (κ1) is 16.8. The van der Waals surface area contributed by atoms with Gasteiger partial charge < -0.3 is 5.11 Å². The Balaban J connectivity index is 2.15. The summed E-state index contributed by atoms with van der Waals surface area (Å²) >= 11 is 0. The van der Waals surface area contributed by atoms with E-state index in [1.807, 2.05) is 0 Å². The van der Waals surface area contributed by atoms with Crippen molar-refractivity contribution in [3.8, 4) is 0 Å². The number of nitrogens with zero attached hydrogens (tertiary/aromatic N) is 1. The van der Waals surface area contributed by atoms with Crippen LogP contribution >= 0.6 is 0 Å². The molecule has 1 aliphatic rings. The van der Waals surface area contributed by atoms with Crippen LogP contribution in [0.2, 0.25) is 0 Å². The van der Waals surface area contributed by atoms with Gasteiger partial charge in [0.1, 0.15) is 0 Å². The highest BCUT2D eigenvalue weighted by Crippen LogP contribution is 2.26. The van der Waals surface area contributed by atoms with E-state index in [9.17, 15) is 26.4 Å². The molecule has 122 valence electrons. The van der Waals surface area contributed by atoms with Crippen molar-refractivity contribution < 1.29 is 31.5 Å². The lowest BCUT2D eigenvalue weighted by atomic mass is 10.1. The molecule has 0 aromatic heterocycles. The molecule has 1 aliphatic heterocycles. The maximum Gasteiger partial charge on any atom is 0.393 e. The van der Waals surface area contributed by atoms with Crippen LogP contribution in [-0.2, 0) is 21.2 Å². The van der Waals surface area contributed by atoms with Crippen molar-refractivity contribution in [2.24, 2.45) is 5.92 Å². The fourth-order valence-corrected chi connectivity index (χ4v) is 3.81. The van der Waals surface area contributed by atoms with Crippen molar-refractivity contribution in [2.75, 3.05) is 13.1 Å². The van der Waals surface area contributed by atoms with E-state index in [-0.39, 0.29) is 30.0 Å². The predicted octanol–water partition coefficient (Wildman–Crippen LogP) is 1.89. The molecule has 0 bridgehead atoms. The van der Waals surface area contributed by atoms with E-state index in [1.165, 1.54) is 0 Å². The van der Waals surface area contributed by atoms with Crippen LogP contribution in [0.15, 0.2) is 29.2 Å². The SMILES string of the molecule is O=C(O)C1CCN(S(=O)(=O)c2ccc(CC(F)(F)F)cc2)C1. The lowest BCUT2D eigenvalue weighted by Gasteiger charge is -2.16. The number of aliphatic carboxylic acids is 1. The van der Waals surface area contributed by atoms with Gasteiger partial charge in [-0.1, -0.05) is 12.1 Å². The zero-order valence-electron chi connectivity index (χ0n) is 11.4. The van der Waals surface area contributed by atoms with Crippen molar-refractivity contribution in [1.82, 2.24) is 4.31 Å². The maximum atomic E-state index is 12.3. The van der Waals surface area contributed by atoms with Crippen LogP contribution < -0.4 is 0 Å². The van der Waals surface area contributed by atoms with Crippen LogP contribution in [0.5, 0.6) is 0 Å². The highest BCUT2D eigenvalue weighted by atomic mass is 32.2. The van der Waals surface area contributed by atoms with Gasteiger partial charge in [-0.15, -0.1) is 0 Å². The number of carboxylic acid groups (broad SMARTS) is 1. The van der Waals surface area contributed by atoms with Crippen molar-refractivity contribution in [3.63, 3.8) is 0 Å². The Labute approximate surface area is 125 Å². The molecular formula is C13H14F3NO4S. The van der Waals surface area contributed by atoms with E-state index in [4.69, 9.17) is 5.11 Å². The molecule has 1 saturated heterocycles. The normalized spacial score (nSPS) is 20.2. The van der Waals surface area contributed by atoms with E-state index in [0.29, 0.717) is 0 Å². The number of hydrogen-bond acceptors (Lipinski definition) is 3. The molecule has 0 spiro atoms. The molecule has 0 radical (unpaired) electrons. The molecule has 0 saturated carbocycles. The number of sulfonamides is 1. The van der Waals surface area contributed by atoms with Gasteiger partial charge in [-0.25, -0.2) is 8.42 Å². The summed E-state index contributed by atoms with van der Waals surface area (Å²) in [6, 6.07) is 4.46. The molecule has 2 rings (SSSR count). The molecular weight excluding hydrogens is 323 g/mol. The summed E-state index contributed by atoms with van der Waals surface area (Å²) in [5.41, 5.74) is -0.0312. The van der Waals surface area contributed by atoms with Crippen LogP contribution in [0.3, 0.4) is 0 Å². The first-order chi connectivity index (χ1) is 10.1. The second-order valence-electron chi connectivity index (χ2n) is 5.12. The lowest BCUT2D eigenvalue weighted by molar-refractivity contribution is -0.141. The van der Waals surface area contributed by atoms with E-state index in [2.05, 4.69) is 0 Å². The van der Waals surface area contributed by atoms with Gasteiger partial charge in [0.25, 0.3) is 0 Å². The van der Waals surface area contributed by atoms with E-state index in [1.54, 1.807) is 0 Å². The monoisotopic (exact) mass is 337 g/mol. The summed E-state index contributed by atoms with van der Waals surface area (Å²) < 4.78 is 62.4. The van der Waals surface area contributed by atoms with Crippen molar-refractivity contribution in [3.05, 3.63) is 29.8 Å². The van der Waals surface area contributed by atoms with Crippen LogP contribution in [0, 0.1) is 5.92 Å². The number of benzene rings is 1. The minimum Gasteiger partial charge on any atom is -0.481 e. The zero-order chi connectivity index (χ0) is 16.5. The Morgan fingerprint density at radius 3 is 2.32 bits per heavy atom. The Hall–Kier alpha value is -1.61. The van der Waals surface area contributed by atoms with E-state index < -0.39 is 34.5 Å². The first-order valence-electron chi connectivity index (χ1n) is 6.48. The van der Waals surface area contributed by atoms with E-state index >= 15 is 0 Å². The average molecular weight is 337 g/mol. The van der Waals surface area contributed by atoms with Gasteiger partial charge in [-0.05, 0) is 24.1 Å². The first-order valence-corrected chi connectivity index (χ1v) is 7.92. The standard InChI is InChI=1S/C13H14F3NO4S/c14-13(15,16)7-9-1-3-11(4-2-9)22(20,21)17-6-5-10(8-17)12(18)19/h1-4,10H,5-8H2,(H,18,19). The number of halogens is 3. The second kappa shape index (κ2) is 5.88. The van der Waals surface area contributed by atoms with Gasteiger partial charge in [0.05, 0.1) is 17.2 Å². The molecule has 1 aromatic carbocycles. The highest BCUT2D eigenvalue weighted by Gasteiger charge is 2.36. The third-order valence-corrected chi connectivity index (χ3v) is 5.35. The third kappa shape index (κ3) is 3.77. The lowest BCUT2D eigenvalue weighted by Crippen LogP contribution is -2.30. The van der Waals surface area contributed by atoms with Crippen LogP contribution in [-0.4, -0.2) is 43.1 Å². The molecule has 0 amide bonds. The fourth-order valence-electron chi connectivity index (χ4n) is 2.31. The number of alkyl halides is 3. The summed E-state index contributed by atoms with van der Waals surface area (Å²) in [6.45, 7) is -0.0361. The number of hydrogen-bond donors (Lipinski definition) is 1. The van der Waals surface area contributed by atoms with Gasteiger partial charge in [-0.3, -0.25) is 4.79 Å². The minimum absolute atomic E-state index is 0.0312. The second-order valence-corrected chi connectivity index (χ2v) is 7.06. The smallest absolute Gasteiger partial charge is 0.393 e. The van der Waals surface area contributed by atoms with Crippen LogP contribution in [0.25, 0.3) is 0 Å². The summed E-state index contributed by atoms with van der Waals surface area (Å²) in [6.07, 6.45) is -5.26. The molecule has 1 N–H and O–H groups in total. The molecule has 9 heteroatoms. The van der Waals surface area contributed by atoms with Gasteiger partial charge in [0, 0.05) is 13.1 Å². The van der Waals surface area contributed by atoms with Crippen molar-refractivity contribution >= 4 is 16.0 Å². The molecule has 22 heavy (non-hydrogen) atoms. The van der Waals surface area contributed by atoms with E-state index in [0.717, 1.165) is 28.6 Å². The summed E-state index contributed by atoms with van der Waals surface area (Å²) in [4.78, 5) is 10.7. The molecule has 1 aromatic rings. The zero-order valence-corrected chi connectivity index (χ0v) is 12.2. The Morgan fingerprint density at radius 1 is 1.27 bits per heavy atom. The van der Waals surface area contributed by atoms with Crippen molar-refractivity contribution in [1.29, 1.82) is 0 Å². The molecule has 1 heterocycles. The number of rotatable bonds is 4. The average Bonchev–Trinajstić information content (AvgIpc) is 2.87. The quantitative estimate of drug-likeness (QED) is 0.910. The largest absolute Gasteiger partial charge is 0.481 e. The van der Waals surface area contributed by atoms with Gasteiger partial charge >= 0.3 is 12.1 Å². The minimum atomic E-state index is -4.36. The molecule has 1 unspecified atom stereocenters. The fraction of sp³-hybridized carbons (Fsp3) is 0.462. The summed E-state index contributed by atoms with van der Waals surface area (Å²) in [7, 11) is -3.88. The van der Waals surface area contributed by atoms with Crippen molar-refractivity contribution in [2.45, 2.75) is 23.9 Å². The summed E-state index contributed by atoms with van der Waals surface area (Å²) in [5.74, 6) is -1.81. The Kier molecular flexibility index (Phi) is 4.48. The Bertz CT molecular complexity index is 655. The maximum absolute atomic E-state index is 12.3. The molecule has 1 atom stereocenters. The topological polar surface area (TPSA) is 74.7 Å². The third-order valence-electron chi connectivity index (χ3n) is 3.47. The number of carboxylic acids is 1. The highest BCUT2D eigenvalue weighted by molar-refractivity contribution is 7.89. The van der Waals surface area contributed by atoms with Gasteiger partial charge in [-0.2, -0.15) is 17.5 Å². The number of carbonyl (C=O) groups is 1. The van der Waals surface area contributed by atoms with Gasteiger partial charge in [0.15, 0.2) is 0 Å². The predicted molar refractivity (Wildman–Crippen MR) is 70.7 cm³/mol. The van der Waals surface area contributed by atoms with Crippen LogP contribution in [0.1, 0.15) is 12.0 Å². The Morgan fingerprint density at radius 2 is 1.86 bits per heavy atom.